The second-order valence-electron chi connectivity index (χ2n) is 7.36. The van der Waals surface area contributed by atoms with Crippen molar-refractivity contribution in [3.8, 4) is 0 Å². The number of nitrogens with one attached hydrogen (secondary N) is 2. The number of nitrogens with zero attached hydrogens (tertiary/aromatic N) is 4. The number of piperidine rings is 1. The van der Waals surface area contributed by atoms with Gasteiger partial charge in [-0.3, -0.25) is 9.59 Å². The molecule has 4 rings (SSSR count). The Morgan fingerprint density at radius 3 is 2.66 bits per heavy atom. The average molecular weight is 417 g/mol. The Morgan fingerprint density at radius 1 is 1.21 bits per heavy atom. The fourth-order valence-electron chi connectivity index (χ4n) is 3.82. The number of amides is 1. The Morgan fingerprint density at radius 2 is 1.93 bits per heavy atom. The monoisotopic (exact) mass is 416 g/mol. The maximum Gasteiger partial charge on any atom is 0.263 e. The number of aromatic nitrogens is 4. The van der Waals surface area contributed by atoms with Gasteiger partial charge in [-0.2, -0.15) is 0 Å². The lowest BCUT2D eigenvalue weighted by molar-refractivity contribution is 0.102. The quantitative estimate of drug-likeness (QED) is 0.683. The number of rotatable bonds is 3. The van der Waals surface area contributed by atoms with Gasteiger partial charge in [0, 0.05) is 29.7 Å². The fourth-order valence-corrected chi connectivity index (χ4v) is 3.82. The largest absolute Gasteiger partial charge is 0.317 e. The van der Waals surface area contributed by atoms with Crippen molar-refractivity contribution in [1.29, 1.82) is 0 Å². The predicted octanol–water partition coefficient (Wildman–Crippen LogP) is 2.41. The van der Waals surface area contributed by atoms with E-state index in [9.17, 15) is 9.59 Å². The second-order valence-corrected chi connectivity index (χ2v) is 7.36. The molecular formula is C20H25ClN6O2. The van der Waals surface area contributed by atoms with Gasteiger partial charge in [0.25, 0.3) is 11.5 Å². The molecule has 1 fully saturated rings. The van der Waals surface area contributed by atoms with Crippen molar-refractivity contribution < 1.29 is 4.79 Å². The summed E-state index contributed by atoms with van der Waals surface area (Å²) >= 11 is 0. The molecule has 3 aromatic heterocycles. The summed E-state index contributed by atoms with van der Waals surface area (Å²) in [7, 11) is 0. The van der Waals surface area contributed by atoms with Gasteiger partial charge in [0.15, 0.2) is 11.5 Å². The van der Waals surface area contributed by atoms with Gasteiger partial charge < -0.3 is 15.2 Å². The Balaban J connectivity index is 0.00000240. The van der Waals surface area contributed by atoms with E-state index in [1.54, 1.807) is 28.3 Å². The fraction of sp³-hybridized carbons (Fsp3) is 0.400. The molecule has 1 aliphatic rings. The van der Waals surface area contributed by atoms with Gasteiger partial charge in [0.1, 0.15) is 5.56 Å². The molecule has 9 heteroatoms. The molecule has 0 spiro atoms. The molecule has 0 radical (unpaired) electrons. The lowest BCUT2D eigenvalue weighted by atomic mass is 10.0. The van der Waals surface area contributed by atoms with E-state index < -0.39 is 5.91 Å². The third kappa shape index (κ3) is 4.04. The number of pyridine rings is 1. The van der Waals surface area contributed by atoms with Gasteiger partial charge in [-0.15, -0.1) is 17.5 Å². The molecule has 0 aliphatic carbocycles. The van der Waals surface area contributed by atoms with E-state index in [0.29, 0.717) is 17.0 Å². The molecular weight excluding hydrogens is 392 g/mol. The molecule has 1 aliphatic heterocycles. The van der Waals surface area contributed by atoms with Gasteiger partial charge in [-0.25, -0.2) is 9.50 Å². The zero-order chi connectivity index (χ0) is 19.8. The van der Waals surface area contributed by atoms with Crippen LogP contribution < -0.4 is 16.2 Å². The van der Waals surface area contributed by atoms with Crippen molar-refractivity contribution in [2.24, 2.45) is 0 Å². The smallest absolute Gasteiger partial charge is 0.263 e. The normalized spacial score (nSPS) is 14.6. The first-order valence-corrected chi connectivity index (χ1v) is 9.52. The molecule has 0 atom stereocenters. The van der Waals surface area contributed by atoms with Crippen molar-refractivity contribution >= 4 is 29.8 Å². The van der Waals surface area contributed by atoms with Crippen LogP contribution in [0, 0.1) is 20.8 Å². The van der Waals surface area contributed by atoms with Crippen LogP contribution in [0.5, 0.6) is 0 Å². The summed E-state index contributed by atoms with van der Waals surface area (Å²) in [5.74, 6) is -0.0640. The maximum atomic E-state index is 13.0. The molecule has 3 aromatic rings. The van der Waals surface area contributed by atoms with E-state index in [0.717, 1.165) is 37.3 Å². The van der Waals surface area contributed by atoms with Gasteiger partial charge >= 0.3 is 0 Å². The van der Waals surface area contributed by atoms with E-state index in [-0.39, 0.29) is 29.6 Å². The molecule has 0 saturated carbocycles. The van der Waals surface area contributed by atoms with Gasteiger partial charge in [-0.1, -0.05) is 0 Å². The lowest BCUT2D eigenvalue weighted by Crippen LogP contribution is -2.37. The van der Waals surface area contributed by atoms with Crippen molar-refractivity contribution in [3.63, 3.8) is 0 Å². The van der Waals surface area contributed by atoms with Crippen molar-refractivity contribution in [1.82, 2.24) is 24.5 Å². The number of anilines is 1. The molecule has 2 N–H and O–H groups in total. The summed E-state index contributed by atoms with van der Waals surface area (Å²) in [5.41, 5.74) is 3.03. The zero-order valence-electron chi connectivity index (χ0n) is 16.7. The summed E-state index contributed by atoms with van der Waals surface area (Å²) in [4.78, 5) is 30.4. The molecule has 29 heavy (non-hydrogen) atoms. The molecule has 1 saturated heterocycles. The van der Waals surface area contributed by atoms with E-state index in [2.05, 4.69) is 20.7 Å². The van der Waals surface area contributed by atoms with E-state index in [4.69, 9.17) is 0 Å². The van der Waals surface area contributed by atoms with Gasteiger partial charge in [-0.05, 0) is 64.4 Å². The number of carbonyl (C=O) groups excluding carboxylic acids is 1. The van der Waals surface area contributed by atoms with E-state index in [1.807, 2.05) is 26.0 Å². The van der Waals surface area contributed by atoms with Crippen molar-refractivity contribution in [3.05, 3.63) is 57.3 Å². The van der Waals surface area contributed by atoms with Crippen LogP contribution in [-0.4, -0.2) is 38.2 Å². The first-order valence-electron chi connectivity index (χ1n) is 9.52. The average Bonchev–Trinajstić information content (AvgIpc) is 3.05. The third-order valence-electron chi connectivity index (χ3n) is 5.23. The predicted molar refractivity (Wildman–Crippen MR) is 114 cm³/mol. The molecule has 4 heterocycles. The summed E-state index contributed by atoms with van der Waals surface area (Å²) < 4.78 is 3.37. The van der Waals surface area contributed by atoms with Crippen LogP contribution in [0.15, 0.2) is 29.2 Å². The summed E-state index contributed by atoms with van der Waals surface area (Å²) in [6.45, 7) is 7.37. The number of hydrogen-bond acceptors (Lipinski definition) is 5. The molecule has 8 nitrogen and oxygen atoms in total. The highest BCUT2D eigenvalue weighted by atomic mass is 35.5. The number of fused-ring (bicyclic) bond motifs is 1. The minimum absolute atomic E-state index is 0. The number of aryl methyl sites for hydroxylation is 3. The number of hydrogen-bond donors (Lipinski definition) is 2. The summed E-state index contributed by atoms with van der Waals surface area (Å²) in [6.07, 6.45) is 3.55. The summed E-state index contributed by atoms with van der Waals surface area (Å²) in [5, 5.41) is 10.5. The van der Waals surface area contributed by atoms with Crippen LogP contribution in [0.1, 0.15) is 46.2 Å². The Bertz CT molecular complexity index is 1110. The molecule has 0 unspecified atom stereocenters. The van der Waals surface area contributed by atoms with E-state index in [1.165, 1.54) is 0 Å². The first kappa shape index (κ1) is 21.0. The van der Waals surface area contributed by atoms with E-state index >= 15 is 0 Å². The standard InChI is InChI=1S/C20H24N6O2.ClH/c1-12-6-9-25(15-4-7-21-8-5-15)20(28)18(12)19(27)23-16-11-17-22-13(2)10-14(3)26(17)24-16;/h6,9-11,15,21H,4-5,7-8H2,1-3H3,(H,23,24,27);1H. The van der Waals surface area contributed by atoms with Crippen LogP contribution in [0.25, 0.3) is 5.65 Å². The first-order chi connectivity index (χ1) is 13.4. The highest BCUT2D eigenvalue weighted by molar-refractivity contribution is 6.04. The Kier molecular flexibility index (Phi) is 6.04. The van der Waals surface area contributed by atoms with Crippen LogP contribution in [0.4, 0.5) is 5.82 Å². The van der Waals surface area contributed by atoms with Crippen LogP contribution >= 0.6 is 12.4 Å². The molecule has 0 bridgehead atoms. The minimum atomic E-state index is -0.441. The number of carbonyl (C=O) groups is 1. The molecule has 154 valence electrons. The van der Waals surface area contributed by atoms with Crippen LogP contribution in [0.3, 0.4) is 0 Å². The Hall–Kier alpha value is -2.71. The molecule has 0 aromatic carbocycles. The zero-order valence-corrected chi connectivity index (χ0v) is 17.5. The maximum absolute atomic E-state index is 13.0. The topological polar surface area (TPSA) is 93.3 Å². The van der Waals surface area contributed by atoms with Crippen LogP contribution in [-0.2, 0) is 0 Å². The van der Waals surface area contributed by atoms with Gasteiger partial charge in [0.2, 0.25) is 0 Å². The lowest BCUT2D eigenvalue weighted by Gasteiger charge is -2.25. The Labute approximate surface area is 174 Å². The van der Waals surface area contributed by atoms with Gasteiger partial charge in [0.05, 0.1) is 0 Å². The van der Waals surface area contributed by atoms with Crippen molar-refractivity contribution in [2.45, 2.75) is 39.7 Å². The molecule has 1 amide bonds. The SMILES string of the molecule is Cc1cc(C)n2nc(NC(=O)c3c(C)ccn(C4CCNCC4)c3=O)cc2n1.Cl. The van der Waals surface area contributed by atoms with Crippen LogP contribution in [0.2, 0.25) is 0 Å². The highest BCUT2D eigenvalue weighted by Crippen LogP contribution is 2.18. The highest BCUT2D eigenvalue weighted by Gasteiger charge is 2.22. The summed E-state index contributed by atoms with van der Waals surface area (Å²) in [6, 6.07) is 5.58. The minimum Gasteiger partial charge on any atom is -0.317 e. The number of halogens is 1. The second kappa shape index (κ2) is 8.34. The third-order valence-corrected chi connectivity index (χ3v) is 5.23. The van der Waals surface area contributed by atoms with Crippen molar-refractivity contribution in [2.75, 3.05) is 18.4 Å².